The van der Waals surface area contributed by atoms with Crippen molar-refractivity contribution in [2.75, 3.05) is 7.05 Å². The molecule has 0 saturated heterocycles. The first-order chi connectivity index (χ1) is 7.83. The molecule has 0 aliphatic heterocycles. The summed E-state index contributed by atoms with van der Waals surface area (Å²) in [5.41, 5.74) is 1.43. The molecule has 0 amide bonds. The van der Waals surface area contributed by atoms with Crippen molar-refractivity contribution in [3.8, 4) is 0 Å². The van der Waals surface area contributed by atoms with Gasteiger partial charge in [0.2, 0.25) is 0 Å². The van der Waals surface area contributed by atoms with Crippen molar-refractivity contribution in [1.82, 2.24) is 5.32 Å². The summed E-state index contributed by atoms with van der Waals surface area (Å²) in [7, 11) is 2.04. The zero-order valence-corrected chi connectivity index (χ0v) is 11.3. The van der Waals surface area contributed by atoms with Gasteiger partial charge in [-0.2, -0.15) is 11.3 Å². The Balaban J connectivity index is 2.10. The predicted molar refractivity (Wildman–Crippen MR) is 73.5 cm³/mol. The van der Waals surface area contributed by atoms with E-state index in [0.29, 0.717) is 6.04 Å². The van der Waals surface area contributed by atoms with Crippen LogP contribution in [0.25, 0.3) is 0 Å². The van der Waals surface area contributed by atoms with Crippen molar-refractivity contribution in [3.05, 3.63) is 44.3 Å². The summed E-state index contributed by atoms with van der Waals surface area (Å²) in [6.45, 7) is 2.21. The first kappa shape index (κ1) is 11.8. The Morgan fingerprint density at radius 2 is 2.19 bits per heavy atom. The van der Waals surface area contributed by atoms with Crippen LogP contribution < -0.4 is 5.32 Å². The van der Waals surface area contributed by atoms with E-state index in [1.165, 1.54) is 15.3 Å². The van der Waals surface area contributed by atoms with Crippen LogP contribution in [0.15, 0.2) is 29.0 Å². The molecule has 2 aromatic rings. The number of hydrogen-bond acceptors (Lipinski definition) is 3. The zero-order valence-electron chi connectivity index (χ0n) is 9.69. The highest BCUT2D eigenvalue weighted by Crippen LogP contribution is 2.26. The second-order valence-corrected chi connectivity index (χ2v) is 5.81. The van der Waals surface area contributed by atoms with Gasteiger partial charge >= 0.3 is 0 Å². The third-order valence-corrected chi connectivity index (χ3v) is 4.82. The fourth-order valence-electron chi connectivity index (χ4n) is 1.76. The molecule has 2 heterocycles. The molecule has 0 bridgehead atoms. The van der Waals surface area contributed by atoms with E-state index in [9.17, 15) is 0 Å². The average molecular weight is 251 g/mol. The van der Waals surface area contributed by atoms with E-state index in [1.54, 1.807) is 11.3 Å². The minimum absolute atomic E-state index is 0.458. The van der Waals surface area contributed by atoms with Gasteiger partial charge < -0.3 is 5.32 Å². The van der Waals surface area contributed by atoms with E-state index in [1.807, 2.05) is 18.4 Å². The van der Waals surface area contributed by atoms with Gasteiger partial charge in [0.1, 0.15) is 0 Å². The van der Waals surface area contributed by atoms with Crippen LogP contribution >= 0.6 is 22.7 Å². The monoisotopic (exact) mass is 251 g/mol. The third-order valence-electron chi connectivity index (χ3n) is 2.74. The van der Waals surface area contributed by atoms with E-state index in [-0.39, 0.29) is 0 Å². The Kier molecular flexibility index (Phi) is 4.16. The molecule has 0 spiro atoms. The molecule has 2 rings (SSSR count). The van der Waals surface area contributed by atoms with Crippen molar-refractivity contribution in [2.45, 2.75) is 25.8 Å². The Morgan fingerprint density at radius 3 is 2.75 bits per heavy atom. The zero-order chi connectivity index (χ0) is 11.4. The summed E-state index contributed by atoms with van der Waals surface area (Å²) in [5.74, 6) is 0. The summed E-state index contributed by atoms with van der Waals surface area (Å²) in [6.07, 6.45) is 2.23. The Hall–Kier alpha value is -0.640. The lowest BCUT2D eigenvalue weighted by atomic mass is 10.1. The van der Waals surface area contributed by atoms with Crippen LogP contribution in [0.5, 0.6) is 0 Å². The topological polar surface area (TPSA) is 12.0 Å². The predicted octanol–water partition coefficient (Wildman–Crippen LogP) is 3.88. The lowest BCUT2D eigenvalue weighted by Gasteiger charge is -2.13. The Bertz CT molecular complexity index is 417. The molecular weight excluding hydrogens is 234 g/mol. The number of aryl methyl sites for hydroxylation is 1. The van der Waals surface area contributed by atoms with E-state index < -0.39 is 0 Å². The Morgan fingerprint density at radius 1 is 1.31 bits per heavy atom. The summed E-state index contributed by atoms with van der Waals surface area (Å²) in [5, 5.41) is 7.79. The van der Waals surface area contributed by atoms with Gasteiger partial charge in [0.15, 0.2) is 0 Å². The van der Waals surface area contributed by atoms with E-state index >= 15 is 0 Å². The fraction of sp³-hybridized carbons (Fsp3) is 0.385. The maximum Gasteiger partial charge on any atom is 0.0453 e. The molecule has 0 aliphatic carbocycles. The molecule has 16 heavy (non-hydrogen) atoms. The molecule has 1 unspecified atom stereocenters. The van der Waals surface area contributed by atoms with E-state index in [2.05, 4.69) is 41.2 Å². The summed E-state index contributed by atoms with van der Waals surface area (Å²) in [6, 6.07) is 7.18. The molecule has 2 aromatic heterocycles. The highest BCUT2D eigenvalue weighted by molar-refractivity contribution is 7.12. The maximum absolute atomic E-state index is 3.41. The molecule has 1 atom stereocenters. The van der Waals surface area contributed by atoms with Gasteiger partial charge in [-0.05, 0) is 54.4 Å². The van der Waals surface area contributed by atoms with Crippen molar-refractivity contribution in [3.63, 3.8) is 0 Å². The van der Waals surface area contributed by atoms with Gasteiger partial charge in [0.05, 0.1) is 0 Å². The third kappa shape index (κ3) is 2.73. The lowest BCUT2D eigenvalue weighted by Crippen LogP contribution is -2.17. The highest BCUT2D eigenvalue weighted by atomic mass is 32.1. The van der Waals surface area contributed by atoms with Crippen molar-refractivity contribution in [1.29, 1.82) is 0 Å². The van der Waals surface area contributed by atoms with Gasteiger partial charge in [-0.3, -0.25) is 0 Å². The first-order valence-electron chi connectivity index (χ1n) is 5.60. The molecular formula is C13H17NS2. The SMILES string of the molecule is CCc1ccc(C(Cc2ccsc2)NC)s1. The van der Waals surface area contributed by atoms with Crippen LogP contribution in [0.2, 0.25) is 0 Å². The number of thiophene rings is 2. The molecule has 1 N–H and O–H groups in total. The fourth-order valence-corrected chi connectivity index (χ4v) is 3.51. The van der Waals surface area contributed by atoms with Crippen molar-refractivity contribution in [2.24, 2.45) is 0 Å². The summed E-state index contributed by atoms with van der Waals surface area (Å²) >= 11 is 3.70. The minimum atomic E-state index is 0.458. The second kappa shape index (κ2) is 5.62. The van der Waals surface area contributed by atoms with Crippen LogP contribution in [-0.2, 0) is 12.8 Å². The molecule has 0 aliphatic rings. The maximum atomic E-state index is 3.41. The van der Waals surface area contributed by atoms with E-state index in [4.69, 9.17) is 0 Å². The lowest BCUT2D eigenvalue weighted by molar-refractivity contribution is 0.603. The smallest absolute Gasteiger partial charge is 0.0453 e. The Labute approximate surface area is 105 Å². The highest BCUT2D eigenvalue weighted by Gasteiger charge is 2.12. The number of rotatable bonds is 5. The molecule has 86 valence electrons. The standard InChI is InChI=1S/C13H17NS2/c1-3-11-4-5-13(16-11)12(14-2)8-10-6-7-15-9-10/h4-7,9,12,14H,3,8H2,1-2H3. The van der Waals surface area contributed by atoms with Crippen molar-refractivity contribution >= 4 is 22.7 Å². The van der Waals surface area contributed by atoms with Gasteiger partial charge in [-0.25, -0.2) is 0 Å². The molecule has 0 aromatic carbocycles. The van der Waals surface area contributed by atoms with E-state index in [0.717, 1.165) is 12.8 Å². The van der Waals surface area contributed by atoms with Crippen LogP contribution in [0.3, 0.4) is 0 Å². The second-order valence-electron chi connectivity index (χ2n) is 3.83. The summed E-state index contributed by atoms with van der Waals surface area (Å²) < 4.78 is 0. The molecule has 0 fully saturated rings. The van der Waals surface area contributed by atoms with Gasteiger partial charge in [-0.1, -0.05) is 6.92 Å². The van der Waals surface area contributed by atoms with Crippen molar-refractivity contribution < 1.29 is 0 Å². The molecule has 1 nitrogen and oxygen atoms in total. The molecule has 0 radical (unpaired) electrons. The largest absolute Gasteiger partial charge is 0.312 e. The average Bonchev–Trinajstić information content (AvgIpc) is 2.96. The van der Waals surface area contributed by atoms with Gasteiger partial charge in [0, 0.05) is 15.8 Å². The first-order valence-corrected chi connectivity index (χ1v) is 7.36. The number of likely N-dealkylation sites (N-methyl/N-ethyl adjacent to an activating group) is 1. The number of hydrogen-bond donors (Lipinski definition) is 1. The van der Waals surface area contributed by atoms with Gasteiger partial charge in [-0.15, -0.1) is 11.3 Å². The summed E-state index contributed by atoms with van der Waals surface area (Å²) in [4.78, 5) is 2.92. The molecule has 0 saturated carbocycles. The van der Waals surface area contributed by atoms with Crippen LogP contribution in [0, 0.1) is 0 Å². The van der Waals surface area contributed by atoms with Crippen LogP contribution in [0.1, 0.15) is 28.3 Å². The van der Waals surface area contributed by atoms with Gasteiger partial charge in [0.25, 0.3) is 0 Å². The molecule has 3 heteroatoms. The number of nitrogens with one attached hydrogen (secondary N) is 1. The van der Waals surface area contributed by atoms with Crippen LogP contribution in [-0.4, -0.2) is 7.05 Å². The van der Waals surface area contributed by atoms with Crippen LogP contribution in [0.4, 0.5) is 0 Å². The minimum Gasteiger partial charge on any atom is -0.312 e. The quantitative estimate of drug-likeness (QED) is 0.850. The normalized spacial score (nSPS) is 12.9.